The molecule has 0 amide bonds. The van der Waals surface area contributed by atoms with Crippen LogP contribution < -0.4 is 5.32 Å². The molecule has 1 aliphatic heterocycles. The molecule has 1 aliphatic carbocycles. The van der Waals surface area contributed by atoms with Crippen LogP contribution >= 0.6 is 0 Å². The van der Waals surface area contributed by atoms with Crippen LogP contribution in [-0.4, -0.2) is 39.9 Å². The lowest BCUT2D eigenvalue weighted by Gasteiger charge is -2.50. The van der Waals surface area contributed by atoms with Crippen LogP contribution in [-0.2, 0) is 6.54 Å². The van der Waals surface area contributed by atoms with Crippen molar-refractivity contribution in [2.24, 2.45) is 0 Å². The number of rotatable bonds is 3. The highest BCUT2D eigenvalue weighted by molar-refractivity contribution is 5.33. The third kappa shape index (κ3) is 3.06. The number of hydrogen-bond acceptors (Lipinski definition) is 3. The van der Waals surface area contributed by atoms with Crippen molar-refractivity contribution in [2.45, 2.75) is 44.2 Å². The molecule has 0 bridgehead atoms. The number of nitrogens with one attached hydrogen (secondary N) is 1. The van der Waals surface area contributed by atoms with Gasteiger partial charge in [-0.15, -0.1) is 0 Å². The van der Waals surface area contributed by atoms with E-state index in [2.05, 4.69) is 39.6 Å². The molecule has 0 radical (unpaired) electrons. The van der Waals surface area contributed by atoms with Crippen molar-refractivity contribution in [3.8, 4) is 5.69 Å². The Hall–Kier alpha value is -1.65. The van der Waals surface area contributed by atoms with E-state index in [1.807, 2.05) is 23.1 Å². The highest BCUT2D eigenvalue weighted by atomic mass is 15.3. The van der Waals surface area contributed by atoms with Crippen molar-refractivity contribution in [1.82, 2.24) is 20.0 Å². The summed E-state index contributed by atoms with van der Waals surface area (Å²) in [6.07, 6.45) is 10.7. The van der Waals surface area contributed by atoms with Gasteiger partial charge in [0, 0.05) is 44.1 Å². The molecule has 1 saturated heterocycles. The number of hydrogen-bond donors (Lipinski definition) is 1. The summed E-state index contributed by atoms with van der Waals surface area (Å²) in [4.78, 5) is 2.74. The predicted molar refractivity (Wildman–Crippen MR) is 92.7 cm³/mol. The molecule has 0 atom stereocenters. The van der Waals surface area contributed by atoms with Gasteiger partial charge in [-0.2, -0.15) is 5.10 Å². The Balaban J connectivity index is 1.49. The zero-order chi connectivity index (χ0) is 15.5. The summed E-state index contributed by atoms with van der Waals surface area (Å²) in [6, 6.07) is 10.8. The van der Waals surface area contributed by atoms with Gasteiger partial charge in [-0.25, -0.2) is 4.68 Å². The zero-order valence-corrected chi connectivity index (χ0v) is 13.7. The number of aromatic nitrogens is 2. The number of benzene rings is 1. The van der Waals surface area contributed by atoms with Gasteiger partial charge in [0.15, 0.2) is 0 Å². The maximum atomic E-state index is 4.30. The van der Waals surface area contributed by atoms with Crippen molar-refractivity contribution < 1.29 is 0 Å². The third-order valence-corrected chi connectivity index (χ3v) is 5.55. The van der Waals surface area contributed by atoms with Crippen LogP contribution in [0.4, 0.5) is 0 Å². The SMILES string of the molecule is c1cnn(-c2ccc(CN3CCNCC34CCCCC4)cc2)c1. The van der Waals surface area contributed by atoms with Gasteiger partial charge in [0.05, 0.1) is 5.69 Å². The molecule has 4 nitrogen and oxygen atoms in total. The average Bonchev–Trinajstić information content (AvgIpc) is 3.13. The number of piperazine rings is 1. The smallest absolute Gasteiger partial charge is 0.0645 e. The Bertz CT molecular complexity index is 603. The van der Waals surface area contributed by atoms with E-state index in [9.17, 15) is 0 Å². The molecule has 4 rings (SSSR count). The topological polar surface area (TPSA) is 33.1 Å². The molecule has 1 spiro atoms. The predicted octanol–water partition coefficient (Wildman–Crippen LogP) is 2.98. The van der Waals surface area contributed by atoms with E-state index in [4.69, 9.17) is 0 Å². The molecule has 0 unspecified atom stereocenters. The Morgan fingerprint density at radius 3 is 2.65 bits per heavy atom. The fourth-order valence-corrected chi connectivity index (χ4v) is 4.23. The van der Waals surface area contributed by atoms with Gasteiger partial charge < -0.3 is 5.32 Å². The van der Waals surface area contributed by atoms with Gasteiger partial charge in [0.2, 0.25) is 0 Å². The minimum atomic E-state index is 0.400. The lowest BCUT2D eigenvalue weighted by Crippen LogP contribution is -2.61. The Morgan fingerprint density at radius 2 is 1.91 bits per heavy atom. The maximum Gasteiger partial charge on any atom is 0.0645 e. The molecule has 1 saturated carbocycles. The summed E-state index contributed by atoms with van der Waals surface area (Å²) in [6.45, 7) is 4.52. The first kappa shape index (κ1) is 14.9. The maximum absolute atomic E-state index is 4.30. The van der Waals surface area contributed by atoms with Crippen LogP contribution in [0.5, 0.6) is 0 Å². The molecular formula is C19H26N4. The van der Waals surface area contributed by atoms with E-state index in [1.54, 1.807) is 0 Å². The van der Waals surface area contributed by atoms with E-state index in [1.165, 1.54) is 50.8 Å². The van der Waals surface area contributed by atoms with Gasteiger partial charge >= 0.3 is 0 Å². The molecule has 23 heavy (non-hydrogen) atoms. The normalized spacial score (nSPS) is 21.6. The lowest BCUT2D eigenvalue weighted by molar-refractivity contribution is 0.0209. The van der Waals surface area contributed by atoms with Crippen molar-refractivity contribution >= 4 is 0 Å². The monoisotopic (exact) mass is 310 g/mol. The second-order valence-electron chi connectivity index (χ2n) is 7.00. The van der Waals surface area contributed by atoms with Crippen LogP contribution in [0.2, 0.25) is 0 Å². The van der Waals surface area contributed by atoms with Crippen LogP contribution in [0.1, 0.15) is 37.7 Å². The molecule has 2 aromatic rings. The summed E-state index contributed by atoms with van der Waals surface area (Å²) in [7, 11) is 0. The van der Waals surface area contributed by atoms with Crippen molar-refractivity contribution in [3.63, 3.8) is 0 Å². The van der Waals surface area contributed by atoms with E-state index in [0.29, 0.717) is 5.54 Å². The lowest BCUT2D eigenvalue weighted by atomic mass is 9.79. The second kappa shape index (κ2) is 6.46. The third-order valence-electron chi connectivity index (χ3n) is 5.55. The largest absolute Gasteiger partial charge is 0.314 e. The molecule has 122 valence electrons. The molecule has 2 fully saturated rings. The first-order valence-electron chi connectivity index (χ1n) is 8.91. The van der Waals surface area contributed by atoms with Crippen LogP contribution in [0.25, 0.3) is 5.69 Å². The first-order chi connectivity index (χ1) is 11.4. The van der Waals surface area contributed by atoms with Crippen LogP contribution in [0, 0.1) is 0 Å². The molecule has 1 N–H and O–H groups in total. The van der Waals surface area contributed by atoms with E-state index >= 15 is 0 Å². The van der Waals surface area contributed by atoms with Crippen molar-refractivity contribution in [2.75, 3.05) is 19.6 Å². The quantitative estimate of drug-likeness (QED) is 0.946. The molecule has 1 aromatic carbocycles. The van der Waals surface area contributed by atoms with Crippen molar-refractivity contribution in [3.05, 3.63) is 48.3 Å². The standard InChI is InChI=1S/C19H26N4/c1-2-9-19(10-3-1)16-20-12-14-22(19)15-17-5-7-18(8-6-17)23-13-4-11-21-23/h4-8,11,13,20H,1-3,9-10,12,14-16H2. The van der Waals surface area contributed by atoms with E-state index in [-0.39, 0.29) is 0 Å². The average molecular weight is 310 g/mol. The Kier molecular flexibility index (Phi) is 4.19. The van der Waals surface area contributed by atoms with Gasteiger partial charge in [-0.05, 0) is 36.6 Å². The summed E-state index contributed by atoms with van der Waals surface area (Å²) in [5, 5.41) is 7.93. The summed E-state index contributed by atoms with van der Waals surface area (Å²) < 4.78 is 1.91. The van der Waals surface area contributed by atoms with Crippen LogP contribution in [0.3, 0.4) is 0 Å². The Labute approximate surface area is 138 Å². The highest BCUT2D eigenvalue weighted by Gasteiger charge is 2.39. The molecule has 1 aromatic heterocycles. The fourth-order valence-electron chi connectivity index (χ4n) is 4.23. The van der Waals surface area contributed by atoms with Crippen molar-refractivity contribution in [1.29, 1.82) is 0 Å². The van der Waals surface area contributed by atoms with Crippen LogP contribution in [0.15, 0.2) is 42.7 Å². The number of nitrogens with zero attached hydrogens (tertiary/aromatic N) is 3. The van der Waals surface area contributed by atoms with Gasteiger partial charge in [0.1, 0.15) is 0 Å². The van der Waals surface area contributed by atoms with Gasteiger partial charge in [-0.3, -0.25) is 4.90 Å². The second-order valence-corrected chi connectivity index (χ2v) is 7.00. The summed E-state index contributed by atoms with van der Waals surface area (Å²) in [5.41, 5.74) is 2.94. The highest BCUT2D eigenvalue weighted by Crippen LogP contribution is 2.35. The minimum absolute atomic E-state index is 0.400. The molecular weight excluding hydrogens is 284 g/mol. The van der Waals surface area contributed by atoms with E-state index < -0.39 is 0 Å². The molecule has 2 heterocycles. The molecule has 2 aliphatic rings. The first-order valence-corrected chi connectivity index (χ1v) is 8.91. The van der Waals surface area contributed by atoms with Gasteiger partial charge in [0.25, 0.3) is 0 Å². The fraction of sp³-hybridized carbons (Fsp3) is 0.526. The summed E-state index contributed by atoms with van der Waals surface area (Å²) in [5.74, 6) is 0. The van der Waals surface area contributed by atoms with E-state index in [0.717, 1.165) is 18.8 Å². The Morgan fingerprint density at radius 1 is 1.09 bits per heavy atom. The molecule has 4 heteroatoms. The summed E-state index contributed by atoms with van der Waals surface area (Å²) >= 11 is 0. The van der Waals surface area contributed by atoms with Gasteiger partial charge in [-0.1, -0.05) is 31.4 Å². The zero-order valence-electron chi connectivity index (χ0n) is 13.7. The minimum Gasteiger partial charge on any atom is -0.314 e.